The van der Waals surface area contributed by atoms with Gasteiger partial charge in [-0.2, -0.15) is 23.4 Å². The molecule has 134 valence electrons. The lowest BCUT2D eigenvalue weighted by molar-refractivity contribution is -0.141. The predicted molar refractivity (Wildman–Crippen MR) is 82.9 cm³/mol. The highest BCUT2D eigenvalue weighted by Crippen LogP contribution is 2.32. The second-order valence-corrected chi connectivity index (χ2v) is 6.21. The van der Waals surface area contributed by atoms with Crippen LogP contribution >= 0.6 is 0 Å². The van der Waals surface area contributed by atoms with Gasteiger partial charge in [-0.3, -0.25) is 4.79 Å². The predicted octanol–water partition coefficient (Wildman–Crippen LogP) is 2.56. The van der Waals surface area contributed by atoms with Crippen molar-refractivity contribution in [3.05, 3.63) is 41.2 Å². The van der Waals surface area contributed by atoms with Crippen LogP contribution in [0, 0.1) is 6.92 Å². The van der Waals surface area contributed by atoms with Crippen LogP contribution < -0.4 is 0 Å². The number of amides is 1. The maximum atomic E-state index is 12.9. The summed E-state index contributed by atoms with van der Waals surface area (Å²) in [6.45, 7) is 2.60. The third kappa shape index (κ3) is 3.49. The van der Waals surface area contributed by atoms with Crippen LogP contribution in [-0.4, -0.2) is 43.6 Å². The zero-order valence-corrected chi connectivity index (χ0v) is 13.9. The van der Waals surface area contributed by atoms with Crippen LogP contribution in [0.15, 0.2) is 18.5 Å². The Balaban J connectivity index is 1.81. The normalized spacial score (nSPS) is 18.4. The number of aryl methyl sites for hydroxylation is 2. The second-order valence-electron chi connectivity index (χ2n) is 6.21. The number of nitrogens with zero attached hydrogens (tertiary/aromatic N) is 5. The maximum Gasteiger partial charge on any atom is 0.434 e. The van der Waals surface area contributed by atoms with Gasteiger partial charge >= 0.3 is 6.18 Å². The molecule has 0 radical (unpaired) electrons. The van der Waals surface area contributed by atoms with Crippen molar-refractivity contribution in [2.75, 3.05) is 13.1 Å². The number of carbonyl (C=O) groups is 1. The molecule has 3 heterocycles. The SMILES string of the molecule is Cc1nnccc1C(=O)N1CCC[C@@H](c2nc(C(F)(F)F)cn2C)C1. The Morgan fingerprint density at radius 1 is 1.36 bits per heavy atom. The number of alkyl halides is 3. The molecule has 3 rings (SSSR count). The summed E-state index contributed by atoms with van der Waals surface area (Å²) >= 11 is 0. The number of carbonyl (C=O) groups excluding carboxylic acids is 1. The number of piperidine rings is 1. The molecule has 6 nitrogen and oxygen atoms in total. The molecule has 2 aromatic rings. The Morgan fingerprint density at radius 3 is 2.76 bits per heavy atom. The van der Waals surface area contributed by atoms with Crippen LogP contribution in [0.25, 0.3) is 0 Å². The van der Waals surface area contributed by atoms with Crippen molar-refractivity contribution < 1.29 is 18.0 Å². The fraction of sp³-hybridized carbons (Fsp3) is 0.500. The summed E-state index contributed by atoms with van der Waals surface area (Å²) in [6.07, 6.45) is -0.620. The minimum Gasteiger partial charge on any atom is -0.338 e. The van der Waals surface area contributed by atoms with Gasteiger partial charge in [-0.05, 0) is 25.8 Å². The van der Waals surface area contributed by atoms with E-state index >= 15 is 0 Å². The molecule has 1 saturated heterocycles. The molecule has 9 heteroatoms. The summed E-state index contributed by atoms with van der Waals surface area (Å²) in [5, 5.41) is 7.61. The van der Waals surface area contributed by atoms with Gasteiger partial charge in [-0.15, -0.1) is 0 Å². The number of rotatable bonds is 2. The average Bonchev–Trinajstić information content (AvgIpc) is 2.97. The highest BCUT2D eigenvalue weighted by molar-refractivity contribution is 5.95. The van der Waals surface area contributed by atoms with Gasteiger partial charge in [0.05, 0.1) is 17.5 Å². The Labute approximate surface area is 142 Å². The van der Waals surface area contributed by atoms with E-state index in [9.17, 15) is 18.0 Å². The number of likely N-dealkylation sites (tertiary alicyclic amines) is 1. The Hall–Kier alpha value is -2.45. The molecule has 0 aromatic carbocycles. The zero-order valence-electron chi connectivity index (χ0n) is 13.9. The number of hydrogen-bond acceptors (Lipinski definition) is 4. The molecule has 0 saturated carbocycles. The van der Waals surface area contributed by atoms with Crippen molar-refractivity contribution in [1.29, 1.82) is 0 Å². The van der Waals surface area contributed by atoms with E-state index in [1.54, 1.807) is 24.9 Å². The van der Waals surface area contributed by atoms with Gasteiger partial charge in [-0.1, -0.05) is 0 Å². The summed E-state index contributed by atoms with van der Waals surface area (Å²) in [6, 6.07) is 1.61. The molecule has 1 aliphatic heterocycles. The Kier molecular flexibility index (Phi) is 4.49. The Morgan fingerprint density at radius 2 is 2.12 bits per heavy atom. The molecule has 1 fully saturated rings. The van der Waals surface area contributed by atoms with Crippen LogP contribution in [0.1, 0.15) is 46.3 Å². The van der Waals surface area contributed by atoms with E-state index in [4.69, 9.17) is 0 Å². The lowest BCUT2D eigenvalue weighted by atomic mass is 9.96. The van der Waals surface area contributed by atoms with Crippen LogP contribution in [0.4, 0.5) is 13.2 Å². The quantitative estimate of drug-likeness (QED) is 0.832. The second kappa shape index (κ2) is 6.45. The number of aromatic nitrogens is 4. The van der Waals surface area contributed by atoms with Crippen LogP contribution in [0.5, 0.6) is 0 Å². The van der Waals surface area contributed by atoms with E-state index in [0.717, 1.165) is 6.20 Å². The topological polar surface area (TPSA) is 63.9 Å². The van der Waals surface area contributed by atoms with Crippen molar-refractivity contribution in [3.8, 4) is 0 Å². The van der Waals surface area contributed by atoms with Gasteiger partial charge in [0, 0.05) is 32.3 Å². The molecule has 1 aliphatic rings. The minimum absolute atomic E-state index is 0.178. The highest BCUT2D eigenvalue weighted by atomic mass is 19.4. The van der Waals surface area contributed by atoms with Gasteiger partial charge in [0.25, 0.3) is 5.91 Å². The van der Waals surface area contributed by atoms with E-state index in [2.05, 4.69) is 15.2 Å². The lowest BCUT2D eigenvalue weighted by Crippen LogP contribution is -2.40. The minimum atomic E-state index is -4.47. The molecular weight excluding hydrogens is 335 g/mol. The van der Waals surface area contributed by atoms with Crippen LogP contribution in [0.2, 0.25) is 0 Å². The molecular formula is C16H18F3N5O. The first-order valence-corrected chi connectivity index (χ1v) is 7.95. The van der Waals surface area contributed by atoms with Crippen LogP contribution in [0.3, 0.4) is 0 Å². The van der Waals surface area contributed by atoms with Crippen molar-refractivity contribution in [1.82, 2.24) is 24.6 Å². The highest BCUT2D eigenvalue weighted by Gasteiger charge is 2.36. The van der Waals surface area contributed by atoms with E-state index in [-0.39, 0.29) is 11.8 Å². The third-order valence-electron chi connectivity index (χ3n) is 4.41. The van der Waals surface area contributed by atoms with Gasteiger partial charge in [0.1, 0.15) is 5.82 Å². The van der Waals surface area contributed by atoms with Gasteiger partial charge in [0.15, 0.2) is 5.69 Å². The monoisotopic (exact) mass is 353 g/mol. The molecule has 0 bridgehead atoms. The van der Waals surface area contributed by atoms with Crippen LogP contribution in [-0.2, 0) is 13.2 Å². The smallest absolute Gasteiger partial charge is 0.338 e. The summed E-state index contributed by atoms with van der Waals surface area (Å²) < 4.78 is 40.0. The van der Waals surface area contributed by atoms with Crippen molar-refractivity contribution >= 4 is 5.91 Å². The van der Waals surface area contributed by atoms with Crippen molar-refractivity contribution in [3.63, 3.8) is 0 Å². The summed E-state index contributed by atoms with van der Waals surface area (Å²) in [5.74, 6) is -0.0503. The van der Waals surface area contributed by atoms with Gasteiger partial charge in [-0.25, -0.2) is 4.98 Å². The molecule has 2 aromatic heterocycles. The van der Waals surface area contributed by atoms with Gasteiger partial charge in [0.2, 0.25) is 0 Å². The summed E-state index contributed by atoms with van der Waals surface area (Å²) in [4.78, 5) is 18.1. The van der Waals surface area contributed by atoms with E-state index < -0.39 is 11.9 Å². The van der Waals surface area contributed by atoms with E-state index in [1.807, 2.05) is 0 Å². The summed E-state index contributed by atoms with van der Waals surface area (Å²) in [5.41, 5.74) is 0.0973. The molecule has 1 amide bonds. The number of hydrogen-bond donors (Lipinski definition) is 0. The standard InChI is InChI=1S/C16H18F3N5O/c1-10-12(5-6-20-22-10)15(25)24-7-3-4-11(8-24)14-21-13(9-23(14)2)16(17,18)19/h5-6,9,11H,3-4,7-8H2,1-2H3/t11-/m1/s1. The molecule has 25 heavy (non-hydrogen) atoms. The fourth-order valence-corrected chi connectivity index (χ4v) is 3.17. The van der Waals surface area contributed by atoms with Gasteiger partial charge < -0.3 is 9.47 Å². The van der Waals surface area contributed by atoms with Crippen molar-refractivity contribution in [2.24, 2.45) is 7.05 Å². The largest absolute Gasteiger partial charge is 0.434 e. The zero-order chi connectivity index (χ0) is 18.2. The maximum absolute atomic E-state index is 12.9. The number of halogens is 3. The molecule has 0 spiro atoms. The number of imidazole rings is 1. The first kappa shape index (κ1) is 17.4. The molecule has 0 unspecified atom stereocenters. The van der Waals surface area contributed by atoms with Crippen molar-refractivity contribution in [2.45, 2.75) is 31.9 Å². The average molecular weight is 353 g/mol. The molecule has 0 N–H and O–H groups in total. The molecule has 1 atom stereocenters. The first-order chi connectivity index (χ1) is 11.8. The van der Waals surface area contributed by atoms with E-state index in [0.29, 0.717) is 43.0 Å². The van der Waals surface area contributed by atoms with E-state index in [1.165, 1.54) is 10.8 Å². The fourth-order valence-electron chi connectivity index (χ4n) is 3.17. The molecule has 0 aliphatic carbocycles. The third-order valence-corrected chi connectivity index (χ3v) is 4.41. The lowest BCUT2D eigenvalue weighted by Gasteiger charge is -2.32. The Bertz CT molecular complexity index is 786. The summed E-state index contributed by atoms with van der Waals surface area (Å²) in [7, 11) is 1.55. The first-order valence-electron chi connectivity index (χ1n) is 7.95.